The quantitative estimate of drug-likeness (QED) is 0.565. The summed E-state index contributed by atoms with van der Waals surface area (Å²) in [6, 6.07) is 5.77. The summed E-state index contributed by atoms with van der Waals surface area (Å²) in [6.45, 7) is 0. The van der Waals surface area contributed by atoms with Crippen LogP contribution in [0.4, 0.5) is 0 Å². The molecule has 1 aromatic carbocycles. The third-order valence-corrected chi connectivity index (χ3v) is 3.79. The van der Waals surface area contributed by atoms with Crippen LogP contribution >= 0.6 is 38.5 Å². The second-order valence-electron chi connectivity index (χ2n) is 3.30. The highest BCUT2D eigenvalue weighted by molar-refractivity contribution is 14.1. The molecule has 0 atom stereocenters. The summed E-state index contributed by atoms with van der Waals surface area (Å²) in [5.41, 5.74) is 1.29. The number of aromatic nitrogens is 1. The number of benzene rings is 1. The van der Waals surface area contributed by atoms with Crippen molar-refractivity contribution in [2.45, 2.75) is 0 Å². The molecule has 0 N–H and O–H groups in total. The number of carbonyl (C=O) groups is 1. The number of carbonyl (C=O) groups excluding carboxylic acids is 1. The minimum absolute atomic E-state index is 0.389. The van der Waals surface area contributed by atoms with E-state index in [-0.39, 0.29) is 5.97 Å². The maximum atomic E-state index is 11.8. The number of ether oxygens (including phenoxy) is 1. The van der Waals surface area contributed by atoms with Gasteiger partial charge in [-0.05, 0) is 56.7 Å². The van der Waals surface area contributed by atoms with E-state index < -0.39 is 0 Å². The molecular weight excluding hydrogens is 401 g/mol. The van der Waals surface area contributed by atoms with Gasteiger partial charge in [0.15, 0.2) is 0 Å². The van der Waals surface area contributed by atoms with Crippen LogP contribution in [0.15, 0.2) is 22.8 Å². The largest absolute Gasteiger partial charge is 0.465 e. The van der Waals surface area contributed by atoms with Gasteiger partial charge in [0.25, 0.3) is 0 Å². The van der Waals surface area contributed by atoms with Crippen LogP contribution in [0, 0.1) is 3.57 Å². The maximum absolute atomic E-state index is 11.8. The zero-order valence-corrected chi connectivity index (χ0v) is 12.9. The number of halogens is 2. The summed E-state index contributed by atoms with van der Waals surface area (Å²) in [7, 11) is 2.90. The van der Waals surface area contributed by atoms with Gasteiger partial charge in [0.2, 0.25) is 0 Å². The predicted molar refractivity (Wildman–Crippen MR) is 76.2 cm³/mol. The zero-order chi connectivity index (χ0) is 12.6. The van der Waals surface area contributed by atoms with Gasteiger partial charge in [-0.1, -0.05) is 0 Å². The van der Waals surface area contributed by atoms with Crippen LogP contribution in [-0.2, 0) is 4.74 Å². The van der Waals surface area contributed by atoms with Crippen molar-refractivity contribution in [2.24, 2.45) is 0 Å². The minimum atomic E-state index is -0.389. The Bertz CT molecular complexity index is 594. The van der Waals surface area contributed by atoms with Gasteiger partial charge in [0.05, 0.1) is 12.6 Å². The van der Waals surface area contributed by atoms with Crippen molar-refractivity contribution in [1.29, 1.82) is 0 Å². The third kappa shape index (κ3) is 2.03. The molecule has 6 heteroatoms. The number of methoxy groups -OCH3 is 1. The van der Waals surface area contributed by atoms with Crippen LogP contribution in [-0.4, -0.2) is 24.9 Å². The summed E-state index contributed by atoms with van der Waals surface area (Å²) in [5.74, 6) is -0.389. The molecule has 0 aliphatic rings. The molecule has 0 spiro atoms. The zero-order valence-electron chi connectivity index (χ0n) is 9.16. The second-order valence-corrected chi connectivity index (χ2v) is 5.29. The van der Waals surface area contributed by atoms with E-state index >= 15 is 0 Å². The highest BCUT2D eigenvalue weighted by Crippen LogP contribution is 2.31. The van der Waals surface area contributed by atoms with Gasteiger partial charge in [-0.3, -0.25) is 0 Å². The van der Waals surface area contributed by atoms with Crippen molar-refractivity contribution in [1.82, 2.24) is 4.73 Å². The van der Waals surface area contributed by atoms with Crippen molar-refractivity contribution < 1.29 is 14.4 Å². The molecule has 0 saturated heterocycles. The number of hydrogen-bond donors (Lipinski definition) is 0. The first kappa shape index (κ1) is 12.7. The highest BCUT2D eigenvalue weighted by atomic mass is 127. The molecule has 0 saturated carbocycles. The molecule has 17 heavy (non-hydrogen) atoms. The van der Waals surface area contributed by atoms with E-state index in [1.165, 1.54) is 7.11 Å². The van der Waals surface area contributed by atoms with Crippen LogP contribution in [0.3, 0.4) is 0 Å². The van der Waals surface area contributed by atoms with Gasteiger partial charge in [-0.2, -0.15) is 4.73 Å². The van der Waals surface area contributed by atoms with Crippen molar-refractivity contribution in [3.63, 3.8) is 0 Å². The smallest absolute Gasteiger partial charge is 0.341 e. The van der Waals surface area contributed by atoms with E-state index in [1.54, 1.807) is 11.8 Å². The lowest BCUT2D eigenvalue weighted by molar-refractivity contribution is 0.0599. The fourth-order valence-electron chi connectivity index (χ4n) is 1.68. The summed E-state index contributed by atoms with van der Waals surface area (Å²) < 4.78 is 7.94. The maximum Gasteiger partial charge on any atom is 0.341 e. The molecule has 1 heterocycles. The van der Waals surface area contributed by atoms with E-state index in [9.17, 15) is 4.79 Å². The molecule has 0 unspecified atom stereocenters. The van der Waals surface area contributed by atoms with Gasteiger partial charge < -0.3 is 9.57 Å². The summed E-state index contributed by atoms with van der Waals surface area (Å²) in [4.78, 5) is 17.0. The Hall–Kier alpha value is -0.760. The Morgan fingerprint density at radius 1 is 1.41 bits per heavy atom. The molecule has 90 valence electrons. The standard InChI is InChI=1S/C11H9BrINO3/c1-16-11(15)9-7-5-6(13)3-4-8(7)14(17-2)10(9)12/h3-5H,1-2H3. The van der Waals surface area contributed by atoms with Crippen LogP contribution in [0.1, 0.15) is 10.4 Å². The topological polar surface area (TPSA) is 40.5 Å². The lowest BCUT2D eigenvalue weighted by Crippen LogP contribution is -2.07. The lowest BCUT2D eigenvalue weighted by Gasteiger charge is -2.03. The van der Waals surface area contributed by atoms with Gasteiger partial charge in [-0.15, -0.1) is 0 Å². The normalized spacial score (nSPS) is 10.6. The second kappa shape index (κ2) is 4.85. The van der Waals surface area contributed by atoms with E-state index in [0.717, 1.165) is 14.5 Å². The first-order valence-electron chi connectivity index (χ1n) is 4.72. The molecule has 0 bridgehead atoms. The fraction of sp³-hybridized carbons (Fsp3) is 0.182. The first-order chi connectivity index (χ1) is 8.10. The van der Waals surface area contributed by atoms with Gasteiger partial charge in [0, 0.05) is 8.96 Å². The van der Waals surface area contributed by atoms with Crippen LogP contribution in [0.25, 0.3) is 10.9 Å². The molecule has 1 aromatic heterocycles. The average Bonchev–Trinajstić information content (AvgIpc) is 2.59. The van der Waals surface area contributed by atoms with Gasteiger partial charge in [-0.25, -0.2) is 4.79 Å². The Labute approximate surface area is 120 Å². The molecule has 4 nitrogen and oxygen atoms in total. The summed E-state index contributed by atoms with van der Waals surface area (Å²) in [5, 5.41) is 0.803. The summed E-state index contributed by atoms with van der Waals surface area (Å²) >= 11 is 5.55. The molecule has 0 fully saturated rings. The van der Waals surface area contributed by atoms with Gasteiger partial charge in [0.1, 0.15) is 17.3 Å². The molecule has 2 aromatic rings. The van der Waals surface area contributed by atoms with Crippen molar-refractivity contribution >= 4 is 55.4 Å². The van der Waals surface area contributed by atoms with Crippen molar-refractivity contribution in [2.75, 3.05) is 14.2 Å². The minimum Gasteiger partial charge on any atom is -0.465 e. The molecule has 0 aliphatic carbocycles. The number of fused-ring (bicyclic) bond motifs is 1. The molecule has 0 radical (unpaired) electrons. The molecular formula is C11H9BrINO3. The Balaban J connectivity index is 2.85. The molecule has 0 aliphatic heterocycles. The first-order valence-corrected chi connectivity index (χ1v) is 6.59. The monoisotopic (exact) mass is 409 g/mol. The van der Waals surface area contributed by atoms with Gasteiger partial charge >= 0.3 is 5.97 Å². The highest BCUT2D eigenvalue weighted by Gasteiger charge is 2.22. The van der Waals surface area contributed by atoms with Crippen molar-refractivity contribution in [3.05, 3.63) is 31.9 Å². The van der Waals surface area contributed by atoms with E-state index in [0.29, 0.717) is 10.2 Å². The SMILES string of the molecule is COC(=O)c1c(Br)n(OC)c2ccc(I)cc12. The molecule has 2 rings (SSSR count). The Morgan fingerprint density at radius 3 is 2.71 bits per heavy atom. The third-order valence-electron chi connectivity index (χ3n) is 2.40. The van der Waals surface area contributed by atoms with Crippen molar-refractivity contribution in [3.8, 4) is 0 Å². The number of nitrogens with zero attached hydrogens (tertiary/aromatic N) is 1. The number of esters is 1. The summed E-state index contributed by atoms with van der Waals surface area (Å²) in [6.07, 6.45) is 0. The van der Waals surface area contributed by atoms with Crippen LogP contribution in [0.2, 0.25) is 0 Å². The van der Waals surface area contributed by atoms with E-state index in [1.807, 2.05) is 18.2 Å². The molecule has 0 amide bonds. The van der Waals surface area contributed by atoms with E-state index in [2.05, 4.69) is 38.5 Å². The number of rotatable bonds is 2. The lowest BCUT2D eigenvalue weighted by atomic mass is 10.2. The Kier molecular flexibility index (Phi) is 3.62. The van der Waals surface area contributed by atoms with Crippen LogP contribution < -0.4 is 4.84 Å². The number of hydrogen-bond acceptors (Lipinski definition) is 3. The Morgan fingerprint density at radius 2 is 2.12 bits per heavy atom. The average molecular weight is 410 g/mol. The van der Waals surface area contributed by atoms with Crippen LogP contribution in [0.5, 0.6) is 0 Å². The predicted octanol–water partition coefficient (Wildman–Crippen LogP) is 2.85. The van der Waals surface area contributed by atoms with E-state index in [4.69, 9.17) is 9.57 Å². The fourth-order valence-corrected chi connectivity index (χ4v) is 2.88.